The average Bonchev–Trinajstić information content (AvgIpc) is 3.19. The van der Waals surface area contributed by atoms with Gasteiger partial charge in [-0.15, -0.1) is 0 Å². The third-order valence-electron chi connectivity index (χ3n) is 5.92. The van der Waals surface area contributed by atoms with Crippen molar-refractivity contribution in [3.8, 4) is 0 Å². The van der Waals surface area contributed by atoms with Crippen LogP contribution in [0.3, 0.4) is 0 Å². The third-order valence-corrected chi connectivity index (χ3v) is 7.89. The highest BCUT2D eigenvalue weighted by molar-refractivity contribution is 7.89. The highest BCUT2D eigenvalue weighted by Crippen LogP contribution is 2.45. The largest absolute Gasteiger partial charge is 0.481 e. The summed E-state index contributed by atoms with van der Waals surface area (Å²) in [6.45, 7) is 2.07. The second-order valence-corrected chi connectivity index (χ2v) is 9.22. The van der Waals surface area contributed by atoms with Crippen LogP contribution >= 0.6 is 0 Å². The second kappa shape index (κ2) is 6.06. The number of hydrogen-bond donors (Lipinski definition) is 1. The zero-order chi connectivity index (χ0) is 18.6. The molecule has 2 bridgehead atoms. The van der Waals surface area contributed by atoms with Gasteiger partial charge in [-0.2, -0.15) is 4.31 Å². The van der Waals surface area contributed by atoms with Gasteiger partial charge < -0.3 is 10.0 Å². The number of nitrogens with zero attached hydrogens (tertiary/aromatic N) is 2. The van der Waals surface area contributed by atoms with E-state index in [0.717, 1.165) is 18.4 Å². The van der Waals surface area contributed by atoms with Crippen LogP contribution in [0.5, 0.6) is 0 Å². The van der Waals surface area contributed by atoms with Crippen LogP contribution in [-0.2, 0) is 26.0 Å². The molecule has 1 amide bonds. The number of carbonyl (C=O) groups excluding carboxylic acids is 1. The Labute approximate surface area is 152 Å². The molecular weight excluding hydrogens is 356 g/mol. The van der Waals surface area contributed by atoms with Gasteiger partial charge in [-0.1, -0.05) is 6.07 Å². The number of carboxylic acid groups (broad SMARTS) is 1. The fraction of sp³-hybridized carbons (Fsp3) is 0.556. The maximum absolute atomic E-state index is 13.3. The van der Waals surface area contributed by atoms with Gasteiger partial charge in [0.25, 0.3) is 0 Å². The normalized spacial score (nSPS) is 28.2. The van der Waals surface area contributed by atoms with Crippen molar-refractivity contribution in [2.45, 2.75) is 56.0 Å². The zero-order valence-electron chi connectivity index (χ0n) is 14.6. The molecule has 2 saturated heterocycles. The van der Waals surface area contributed by atoms with Gasteiger partial charge in [0.15, 0.2) is 0 Å². The van der Waals surface area contributed by atoms with E-state index >= 15 is 0 Å². The lowest BCUT2D eigenvalue weighted by Crippen LogP contribution is -2.38. The maximum Gasteiger partial charge on any atom is 0.308 e. The maximum atomic E-state index is 13.3. The van der Waals surface area contributed by atoms with Crippen molar-refractivity contribution < 1.29 is 23.1 Å². The Hall–Kier alpha value is -1.93. The number of rotatable bonds is 3. The number of amides is 1. The van der Waals surface area contributed by atoms with E-state index in [1.165, 1.54) is 11.2 Å². The Bertz CT molecular complexity index is 882. The minimum atomic E-state index is -3.79. The molecule has 3 unspecified atom stereocenters. The lowest BCUT2D eigenvalue weighted by atomic mass is 9.89. The molecule has 1 aromatic carbocycles. The van der Waals surface area contributed by atoms with Crippen molar-refractivity contribution in [2.24, 2.45) is 5.92 Å². The summed E-state index contributed by atoms with van der Waals surface area (Å²) in [5.74, 6) is -1.66. The molecule has 0 aromatic heterocycles. The first kappa shape index (κ1) is 17.5. The van der Waals surface area contributed by atoms with E-state index in [-0.39, 0.29) is 16.8 Å². The van der Waals surface area contributed by atoms with Gasteiger partial charge in [-0.05, 0) is 49.8 Å². The van der Waals surface area contributed by atoms with E-state index in [4.69, 9.17) is 0 Å². The van der Waals surface area contributed by atoms with Crippen LogP contribution < -0.4 is 4.90 Å². The summed E-state index contributed by atoms with van der Waals surface area (Å²) in [4.78, 5) is 25.1. The number of carbonyl (C=O) groups is 2. The van der Waals surface area contributed by atoms with E-state index in [9.17, 15) is 23.1 Å². The number of anilines is 1. The molecule has 26 heavy (non-hydrogen) atoms. The third kappa shape index (κ3) is 2.54. The molecule has 7 nitrogen and oxygen atoms in total. The number of carboxylic acids is 1. The van der Waals surface area contributed by atoms with Crippen LogP contribution in [0.2, 0.25) is 0 Å². The monoisotopic (exact) mass is 378 g/mol. The van der Waals surface area contributed by atoms with E-state index < -0.39 is 28.0 Å². The minimum Gasteiger partial charge on any atom is -0.481 e. The summed E-state index contributed by atoms with van der Waals surface area (Å²) < 4.78 is 27.9. The zero-order valence-corrected chi connectivity index (χ0v) is 15.4. The van der Waals surface area contributed by atoms with Crippen LogP contribution in [0.4, 0.5) is 5.69 Å². The van der Waals surface area contributed by atoms with E-state index in [1.54, 1.807) is 23.1 Å². The lowest BCUT2D eigenvalue weighted by molar-refractivity contribution is -0.142. The van der Waals surface area contributed by atoms with Gasteiger partial charge in [-0.25, -0.2) is 8.42 Å². The molecule has 0 saturated carbocycles. The first-order chi connectivity index (χ1) is 12.3. The number of sulfonamides is 1. The van der Waals surface area contributed by atoms with Crippen LogP contribution in [-0.4, -0.2) is 48.3 Å². The molecule has 140 valence electrons. The van der Waals surface area contributed by atoms with Gasteiger partial charge in [0.05, 0.1) is 10.8 Å². The Kier molecular flexibility index (Phi) is 4.07. The summed E-state index contributed by atoms with van der Waals surface area (Å²) in [7, 11) is -3.79. The Morgan fingerprint density at radius 2 is 2.00 bits per heavy atom. The van der Waals surface area contributed by atoms with Crippen LogP contribution in [0, 0.1) is 5.92 Å². The molecular formula is C18H22N2O5S. The Morgan fingerprint density at radius 1 is 1.23 bits per heavy atom. The van der Waals surface area contributed by atoms with Crippen molar-refractivity contribution in [3.63, 3.8) is 0 Å². The summed E-state index contributed by atoms with van der Waals surface area (Å²) >= 11 is 0. The van der Waals surface area contributed by atoms with Gasteiger partial charge in [0.2, 0.25) is 15.9 Å². The molecule has 3 heterocycles. The molecule has 4 rings (SSSR count). The average molecular weight is 378 g/mol. The number of benzene rings is 1. The molecule has 1 N–H and O–H groups in total. The fourth-order valence-corrected chi connectivity index (χ4v) is 6.68. The number of fused-ring (bicyclic) bond motifs is 3. The van der Waals surface area contributed by atoms with Gasteiger partial charge >= 0.3 is 5.97 Å². The smallest absolute Gasteiger partial charge is 0.308 e. The Balaban J connectivity index is 1.73. The predicted octanol–water partition coefficient (Wildman–Crippen LogP) is 1.61. The van der Waals surface area contributed by atoms with E-state index in [0.29, 0.717) is 31.5 Å². The Morgan fingerprint density at radius 3 is 2.65 bits per heavy atom. The summed E-state index contributed by atoms with van der Waals surface area (Å²) in [5.41, 5.74) is 1.63. The lowest BCUT2D eigenvalue weighted by Gasteiger charge is -2.30. The molecule has 2 fully saturated rings. The SMILES string of the molecule is CC(=O)N1CCCc2ccc(S(=O)(=O)N3C4CCC3C(C(=O)O)C4)cc21. The molecule has 8 heteroatoms. The quantitative estimate of drug-likeness (QED) is 0.862. The van der Waals surface area contributed by atoms with Crippen molar-refractivity contribution in [1.82, 2.24) is 4.31 Å². The van der Waals surface area contributed by atoms with Crippen molar-refractivity contribution >= 4 is 27.6 Å². The topological polar surface area (TPSA) is 95.0 Å². The van der Waals surface area contributed by atoms with E-state index in [1.807, 2.05) is 0 Å². The second-order valence-electron chi connectivity index (χ2n) is 7.38. The summed E-state index contributed by atoms with van der Waals surface area (Å²) in [6, 6.07) is 4.24. The molecule has 3 aliphatic rings. The van der Waals surface area contributed by atoms with Crippen LogP contribution in [0.25, 0.3) is 0 Å². The van der Waals surface area contributed by atoms with Crippen LogP contribution in [0.15, 0.2) is 23.1 Å². The van der Waals surface area contributed by atoms with Gasteiger partial charge in [0, 0.05) is 31.2 Å². The van der Waals surface area contributed by atoms with Crippen LogP contribution in [0.1, 0.15) is 38.2 Å². The summed E-state index contributed by atoms with van der Waals surface area (Å²) in [6.07, 6.45) is 3.35. The van der Waals surface area contributed by atoms with Crippen molar-refractivity contribution in [2.75, 3.05) is 11.4 Å². The molecule has 1 aromatic rings. The van der Waals surface area contributed by atoms with E-state index in [2.05, 4.69) is 0 Å². The minimum absolute atomic E-state index is 0.104. The van der Waals surface area contributed by atoms with Crippen molar-refractivity contribution in [1.29, 1.82) is 0 Å². The predicted molar refractivity (Wildman–Crippen MR) is 94.4 cm³/mol. The highest BCUT2D eigenvalue weighted by atomic mass is 32.2. The molecule has 3 aliphatic heterocycles. The summed E-state index contributed by atoms with van der Waals surface area (Å²) in [5, 5.41) is 9.38. The molecule has 0 spiro atoms. The van der Waals surface area contributed by atoms with Gasteiger partial charge in [0.1, 0.15) is 0 Å². The van der Waals surface area contributed by atoms with Crippen molar-refractivity contribution in [3.05, 3.63) is 23.8 Å². The molecule has 0 aliphatic carbocycles. The standard InChI is InChI=1S/C18H22N2O5S/c1-11(21)19-8-2-3-12-4-6-14(10-17(12)19)26(24,25)20-13-5-7-16(20)15(9-13)18(22)23/h4,6,10,13,15-16H,2-3,5,7-9H2,1H3,(H,22,23). The fourth-order valence-electron chi connectivity index (χ4n) is 4.74. The number of aliphatic carboxylic acids is 1. The molecule has 3 atom stereocenters. The first-order valence-corrected chi connectivity index (χ1v) is 10.4. The van der Waals surface area contributed by atoms with Gasteiger partial charge in [-0.3, -0.25) is 9.59 Å². The molecule has 0 radical (unpaired) electrons. The number of hydrogen-bond acceptors (Lipinski definition) is 4. The first-order valence-electron chi connectivity index (χ1n) is 8.98. The number of aryl methyl sites for hydroxylation is 1. The highest BCUT2D eigenvalue weighted by Gasteiger charge is 2.54.